The van der Waals surface area contributed by atoms with Crippen LogP contribution in [0.25, 0.3) is 0 Å². The molecule has 26 heteroatoms. The first-order valence-electron chi connectivity index (χ1n) is 14.2. The summed E-state index contributed by atoms with van der Waals surface area (Å²) < 4.78 is 67.8. The quantitative estimate of drug-likeness (QED) is 0.0537. The van der Waals surface area contributed by atoms with E-state index in [0.29, 0.717) is 0 Å². The van der Waals surface area contributed by atoms with Gasteiger partial charge in [0.15, 0.2) is 12.5 Å². The van der Waals surface area contributed by atoms with Crippen molar-refractivity contribution in [2.45, 2.75) is 61.6 Å². The Labute approximate surface area is 276 Å². The van der Waals surface area contributed by atoms with E-state index in [0.717, 1.165) is 31.0 Å². The standard InChI is InChI=1S/C23H38N4O20P2/c1-40-48(38,43-10-12-17(33)19(35)20(44-12)27-5-4-13(30)26-22(27)36)47-49(39,41-2)46-21-15(18(34)16(32)11(9-29)45-21)25-14(31)8-24-23(37)42-7-3-6-28/h4-5,11-12,15-21,28-29,32-35H,3,6-10H2,1-2H3,(H,24,37)(H,25,31)(H,26,30,36)/t11?,12?,15?,16-,17?,18-,19?,20?,21-,48?,49?/m1/s1. The van der Waals surface area contributed by atoms with Crippen molar-refractivity contribution in [3.63, 3.8) is 0 Å². The molecule has 2 amide bonds. The number of H-pyrrole nitrogens is 1. The Balaban J connectivity index is 1.71. The van der Waals surface area contributed by atoms with Crippen LogP contribution in [0, 0.1) is 0 Å². The van der Waals surface area contributed by atoms with Gasteiger partial charge < -0.3 is 55.5 Å². The third-order valence-electron chi connectivity index (χ3n) is 6.88. The lowest BCUT2D eigenvalue weighted by atomic mass is 9.97. The fraction of sp³-hybridized carbons (Fsp3) is 0.739. The van der Waals surface area contributed by atoms with Crippen LogP contribution in [0.2, 0.25) is 0 Å². The van der Waals surface area contributed by atoms with Gasteiger partial charge >= 0.3 is 27.4 Å². The monoisotopic (exact) mass is 752 g/mol. The molecule has 2 fully saturated rings. The van der Waals surface area contributed by atoms with E-state index < -0.39 is 114 Å². The average Bonchev–Trinajstić information content (AvgIpc) is 3.34. The van der Waals surface area contributed by atoms with Gasteiger partial charge in [0.1, 0.15) is 49.2 Å². The first kappa shape index (κ1) is 40.8. The van der Waals surface area contributed by atoms with E-state index in [1.807, 2.05) is 4.98 Å². The molecule has 1 aromatic rings. The number of hydrogen-bond donors (Lipinski definition) is 9. The lowest BCUT2D eigenvalue weighted by molar-refractivity contribution is -0.248. The van der Waals surface area contributed by atoms with Crippen molar-refractivity contribution < 1.29 is 86.0 Å². The highest BCUT2D eigenvalue weighted by atomic mass is 31.3. The minimum absolute atomic E-state index is 0.136. The Bertz CT molecular complexity index is 1480. The second kappa shape index (κ2) is 18.0. The minimum atomic E-state index is -5.18. The fourth-order valence-corrected chi connectivity index (χ4v) is 7.15. The molecule has 0 saturated carbocycles. The molecule has 3 rings (SSSR count). The Morgan fingerprint density at radius 1 is 0.980 bits per heavy atom. The number of aliphatic hydroxyl groups excluding tert-OH is 6. The highest BCUT2D eigenvalue weighted by Gasteiger charge is 2.51. The zero-order chi connectivity index (χ0) is 36.5. The molecule has 2 aliphatic heterocycles. The smallest absolute Gasteiger partial charge is 0.449 e. The summed E-state index contributed by atoms with van der Waals surface area (Å²) in [7, 11) is -8.67. The highest BCUT2D eigenvalue weighted by Crippen LogP contribution is 2.66. The molecule has 0 radical (unpaired) electrons. The van der Waals surface area contributed by atoms with Crippen LogP contribution < -0.4 is 21.9 Å². The summed E-state index contributed by atoms with van der Waals surface area (Å²) in [5.74, 6) is -1.02. The summed E-state index contributed by atoms with van der Waals surface area (Å²) in [6.07, 6.45) is -13.9. The molecule has 3 heterocycles. The van der Waals surface area contributed by atoms with Crippen LogP contribution in [0.3, 0.4) is 0 Å². The van der Waals surface area contributed by atoms with Gasteiger partial charge in [-0.25, -0.2) is 18.7 Å². The maximum absolute atomic E-state index is 13.5. The minimum Gasteiger partial charge on any atom is -0.449 e. The van der Waals surface area contributed by atoms with Gasteiger partial charge in [-0.1, -0.05) is 0 Å². The van der Waals surface area contributed by atoms with Gasteiger partial charge in [-0.2, -0.15) is 4.31 Å². The van der Waals surface area contributed by atoms with Crippen LogP contribution in [0.5, 0.6) is 0 Å². The number of nitrogens with one attached hydrogen (secondary N) is 3. The van der Waals surface area contributed by atoms with Crippen LogP contribution in [-0.4, -0.2) is 148 Å². The Kier molecular flexibility index (Phi) is 15.0. The summed E-state index contributed by atoms with van der Waals surface area (Å²) in [5.41, 5.74) is -1.73. The highest BCUT2D eigenvalue weighted by molar-refractivity contribution is 7.62. The Morgan fingerprint density at radius 2 is 1.65 bits per heavy atom. The molecule has 0 aromatic carbocycles. The summed E-state index contributed by atoms with van der Waals surface area (Å²) in [5, 5.41) is 64.4. The van der Waals surface area contributed by atoms with Crippen LogP contribution in [0.1, 0.15) is 12.6 Å². The number of phosphoric ester groups is 2. The predicted octanol–water partition coefficient (Wildman–Crippen LogP) is -4.25. The van der Waals surface area contributed by atoms with E-state index in [1.165, 1.54) is 0 Å². The molecule has 8 unspecified atom stereocenters. The van der Waals surface area contributed by atoms with E-state index >= 15 is 0 Å². The third-order valence-corrected chi connectivity index (χ3v) is 10.3. The maximum Gasteiger partial charge on any atom is 0.485 e. The fourth-order valence-electron chi connectivity index (χ4n) is 4.34. The Morgan fingerprint density at radius 3 is 2.27 bits per heavy atom. The molecule has 11 atom stereocenters. The first-order chi connectivity index (χ1) is 23.1. The number of aromatic nitrogens is 2. The largest absolute Gasteiger partial charge is 0.485 e. The molecule has 0 spiro atoms. The lowest BCUT2D eigenvalue weighted by Crippen LogP contribution is -2.65. The maximum atomic E-state index is 13.5. The number of carbonyl (C=O) groups is 2. The van der Waals surface area contributed by atoms with Gasteiger partial charge in [-0.05, 0) is 0 Å². The third kappa shape index (κ3) is 10.7. The second-order valence-corrected chi connectivity index (χ2v) is 13.8. The molecule has 280 valence electrons. The van der Waals surface area contributed by atoms with Gasteiger partial charge in [0.2, 0.25) is 5.91 Å². The normalized spacial score (nSPS) is 31.0. The number of rotatable bonds is 17. The summed E-state index contributed by atoms with van der Waals surface area (Å²) in [6.45, 7) is -2.97. The number of nitrogens with zero attached hydrogens (tertiary/aromatic N) is 1. The van der Waals surface area contributed by atoms with Crippen LogP contribution >= 0.6 is 15.6 Å². The van der Waals surface area contributed by atoms with Crippen LogP contribution in [0.4, 0.5) is 4.79 Å². The van der Waals surface area contributed by atoms with E-state index in [-0.39, 0.29) is 19.6 Å². The van der Waals surface area contributed by atoms with Gasteiger partial charge in [0.25, 0.3) is 5.56 Å². The molecule has 49 heavy (non-hydrogen) atoms. The van der Waals surface area contributed by atoms with E-state index in [1.54, 1.807) is 0 Å². The topological polar surface area (TPSA) is 342 Å². The van der Waals surface area contributed by atoms with Gasteiger partial charge in [0.05, 0.1) is 19.8 Å². The number of carbonyl (C=O) groups excluding carboxylic acids is 2. The summed E-state index contributed by atoms with van der Waals surface area (Å²) >= 11 is 0. The predicted molar refractivity (Wildman–Crippen MR) is 155 cm³/mol. The molecule has 1 aromatic heterocycles. The number of amides is 2. The molecular weight excluding hydrogens is 714 g/mol. The number of aliphatic hydroxyl groups is 6. The van der Waals surface area contributed by atoms with Crippen molar-refractivity contribution in [2.24, 2.45) is 0 Å². The van der Waals surface area contributed by atoms with Crippen LogP contribution in [-0.2, 0) is 50.5 Å². The Hall–Kier alpha value is -2.64. The molecule has 0 bridgehead atoms. The summed E-state index contributed by atoms with van der Waals surface area (Å²) in [4.78, 5) is 49.7. The van der Waals surface area contributed by atoms with Gasteiger partial charge in [-0.3, -0.25) is 37.2 Å². The average molecular weight is 753 g/mol. The molecule has 9 N–H and O–H groups in total. The van der Waals surface area contributed by atoms with Crippen molar-refractivity contribution in [3.05, 3.63) is 33.1 Å². The summed E-state index contributed by atoms with van der Waals surface area (Å²) in [6, 6.07) is -0.850. The van der Waals surface area contributed by atoms with E-state index in [9.17, 15) is 53.8 Å². The zero-order valence-electron chi connectivity index (χ0n) is 25.8. The van der Waals surface area contributed by atoms with Crippen molar-refractivity contribution in [1.82, 2.24) is 20.2 Å². The van der Waals surface area contributed by atoms with Crippen molar-refractivity contribution in [1.29, 1.82) is 0 Å². The second-order valence-electron chi connectivity index (χ2n) is 10.2. The zero-order valence-corrected chi connectivity index (χ0v) is 27.6. The number of phosphoric acid groups is 2. The molecule has 2 aliphatic rings. The number of hydrogen-bond acceptors (Lipinski definition) is 20. The molecule has 2 saturated heterocycles. The lowest BCUT2D eigenvalue weighted by Gasteiger charge is -2.42. The van der Waals surface area contributed by atoms with Crippen molar-refractivity contribution in [3.8, 4) is 0 Å². The number of ether oxygens (including phenoxy) is 3. The van der Waals surface area contributed by atoms with Crippen molar-refractivity contribution in [2.75, 3.05) is 47.2 Å². The molecular formula is C23H38N4O20P2. The van der Waals surface area contributed by atoms with Crippen molar-refractivity contribution >= 4 is 27.6 Å². The van der Waals surface area contributed by atoms with Gasteiger partial charge in [0, 0.05) is 39.5 Å². The van der Waals surface area contributed by atoms with Gasteiger partial charge in [-0.15, -0.1) is 0 Å². The first-order valence-corrected chi connectivity index (χ1v) is 17.1. The van der Waals surface area contributed by atoms with E-state index in [4.69, 9.17) is 41.7 Å². The van der Waals surface area contributed by atoms with E-state index in [2.05, 4.69) is 10.6 Å². The molecule has 0 aliphatic carbocycles. The number of aromatic amines is 1. The SMILES string of the molecule is COP(=O)(OCC1OC(n2ccc(=O)[nH]c2=O)C(O)C1O)OP(=O)(OC)O[C@H]1OC(CO)[C@@H](O)[C@H](O)C1NC(=O)CNC(=O)OCCCO. The number of alkyl carbamates (subject to hydrolysis) is 1. The molecule has 24 nitrogen and oxygen atoms in total. The van der Waals surface area contributed by atoms with Crippen LogP contribution in [0.15, 0.2) is 21.9 Å².